The molecule has 9 nitrogen and oxygen atoms in total. The van der Waals surface area contributed by atoms with Gasteiger partial charge in [-0.3, -0.25) is 4.79 Å². The zero-order chi connectivity index (χ0) is 29.6. The zero-order valence-electron chi connectivity index (χ0n) is 23.6. The largest absolute Gasteiger partial charge is 0.378 e. The lowest BCUT2D eigenvalue weighted by molar-refractivity contribution is -0.131. The number of aromatic nitrogens is 6. The van der Waals surface area contributed by atoms with Gasteiger partial charge < -0.3 is 10.0 Å². The SMILES string of the molecule is CC(=O)N1CCC(C(O)(c2cc(C)c3nc(Cl)c(Cc4ccc(-n5cccn5)cc4)c(Cl)c3c2)c2cnnn2C)CC1. The summed E-state index contributed by atoms with van der Waals surface area (Å²) in [6.45, 7) is 4.66. The van der Waals surface area contributed by atoms with Crippen LogP contribution in [-0.2, 0) is 23.9 Å². The van der Waals surface area contributed by atoms with Crippen molar-refractivity contribution in [3.8, 4) is 5.69 Å². The summed E-state index contributed by atoms with van der Waals surface area (Å²) < 4.78 is 3.41. The van der Waals surface area contributed by atoms with E-state index < -0.39 is 5.60 Å². The van der Waals surface area contributed by atoms with E-state index in [1.54, 1.807) is 35.7 Å². The fraction of sp³-hybridized carbons (Fsp3) is 0.323. The van der Waals surface area contributed by atoms with Crippen LogP contribution in [0.4, 0.5) is 0 Å². The Labute approximate surface area is 253 Å². The summed E-state index contributed by atoms with van der Waals surface area (Å²) in [5, 5.41) is 26.7. The van der Waals surface area contributed by atoms with Gasteiger partial charge in [0, 0.05) is 62.7 Å². The third-order valence-corrected chi connectivity index (χ3v) is 9.17. The first-order valence-electron chi connectivity index (χ1n) is 13.9. The van der Waals surface area contributed by atoms with E-state index in [2.05, 4.69) is 15.4 Å². The summed E-state index contributed by atoms with van der Waals surface area (Å²) in [5.41, 5.74) is 4.08. The minimum atomic E-state index is -1.41. The van der Waals surface area contributed by atoms with Crippen LogP contribution in [0.25, 0.3) is 16.6 Å². The molecule has 5 aromatic rings. The third kappa shape index (κ3) is 4.95. The lowest BCUT2D eigenvalue weighted by Gasteiger charge is -2.41. The Hall–Kier alpha value is -3.79. The number of rotatable bonds is 6. The van der Waals surface area contributed by atoms with Gasteiger partial charge in [0.15, 0.2) is 0 Å². The molecule has 216 valence electrons. The van der Waals surface area contributed by atoms with E-state index in [0.29, 0.717) is 64.7 Å². The summed E-state index contributed by atoms with van der Waals surface area (Å²) in [6.07, 6.45) is 6.99. The van der Waals surface area contributed by atoms with Crippen molar-refractivity contribution in [2.45, 2.75) is 38.7 Å². The Morgan fingerprint density at radius 2 is 1.88 bits per heavy atom. The van der Waals surface area contributed by atoms with Crippen molar-refractivity contribution in [3.05, 3.63) is 99.2 Å². The van der Waals surface area contributed by atoms with Crippen LogP contribution in [0, 0.1) is 12.8 Å². The van der Waals surface area contributed by atoms with Crippen LogP contribution < -0.4 is 0 Å². The molecule has 2 aromatic carbocycles. The topological polar surface area (TPSA) is 102 Å². The average Bonchev–Trinajstić information content (AvgIpc) is 3.68. The second kappa shape index (κ2) is 11.1. The summed E-state index contributed by atoms with van der Waals surface area (Å²) in [5.74, 6) is -0.131. The van der Waals surface area contributed by atoms with Gasteiger partial charge in [0.2, 0.25) is 5.91 Å². The molecule has 1 unspecified atom stereocenters. The number of carbonyl (C=O) groups excluding carboxylic acids is 1. The van der Waals surface area contributed by atoms with Crippen LogP contribution in [-0.4, -0.2) is 58.8 Å². The minimum absolute atomic E-state index is 0.0408. The van der Waals surface area contributed by atoms with E-state index in [4.69, 9.17) is 28.2 Å². The van der Waals surface area contributed by atoms with Crippen molar-refractivity contribution in [3.63, 3.8) is 0 Å². The molecule has 0 bridgehead atoms. The second-order valence-corrected chi connectivity index (χ2v) is 11.7. The number of carbonyl (C=O) groups is 1. The highest BCUT2D eigenvalue weighted by Gasteiger charge is 2.44. The van der Waals surface area contributed by atoms with Crippen molar-refractivity contribution in [2.24, 2.45) is 13.0 Å². The second-order valence-electron chi connectivity index (χ2n) is 11.0. The van der Waals surface area contributed by atoms with Gasteiger partial charge in [-0.1, -0.05) is 46.6 Å². The first kappa shape index (κ1) is 28.3. The number of benzene rings is 2. The average molecular weight is 605 g/mol. The Morgan fingerprint density at radius 1 is 1.14 bits per heavy atom. The molecule has 1 fully saturated rings. The fourth-order valence-electron chi connectivity index (χ4n) is 6.12. The van der Waals surface area contributed by atoms with Crippen LogP contribution >= 0.6 is 23.2 Å². The van der Waals surface area contributed by atoms with Crippen LogP contribution in [0.3, 0.4) is 0 Å². The molecule has 1 atom stereocenters. The van der Waals surface area contributed by atoms with Gasteiger partial charge in [0.1, 0.15) is 10.8 Å². The Kier molecular flexibility index (Phi) is 7.51. The molecule has 0 spiro atoms. The van der Waals surface area contributed by atoms with Crippen molar-refractivity contribution < 1.29 is 9.90 Å². The number of nitrogens with zero attached hydrogens (tertiary/aromatic N) is 7. The van der Waals surface area contributed by atoms with Gasteiger partial charge >= 0.3 is 0 Å². The number of aryl methyl sites for hydroxylation is 2. The zero-order valence-corrected chi connectivity index (χ0v) is 25.1. The van der Waals surface area contributed by atoms with Crippen molar-refractivity contribution in [1.29, 1.82) is 0 Å². The van der Waals surface area contributed by atoms with Gasteiger partial charge in [0.05, 0.1) is 28.1 Å². The summed E-state index contributed by atoms with van der Waals surface area (Å²) in [6, 6.07) is 13.8. The molecule has 1 aliphatic rings. The number of amides is 1. The number of hydrogen-bond donors (Lipinski definition) is 1. The number of aliphatic hydroxyl groups is 1. The molecule has 1 N–H and O–H groups in total. The maximum atomic E-state index is 12.6. The number of piperidine rings is 1. The lowest BCUT2D eigenvalue weighted by atomic mass is 9.73. The Bertz CT molecular complexity index is 1760. The molecule has 6 rings (SSSR count). The number of pyridine rings is 1. The molecule has 0 aliphatic carbocycles. The first-order valence-corrected chi connectivity index (χ1v) is 14.6. The van der Waals surface area contributed by atoms with Crippen LogP contribution in [0.2, 0.25) is 10.2 Å². The molecule has 4 heterocycles. The van der Waals surface area contributed by atoms with E-state index in [1.165, 1.54) is 0 Å². The fourth-order valence-corrected chi connectivity index (χ4v) is 6.71. The monoisotopic (exact) mass is 603 g/mol. The smallest absolute Gasteiger partial charge is 0.219 e. The van der Waals surface area contributed by atoms with Gasteiger partial charge in [-0.05, 0) is 60.7 Å². The van der Waals surface area contributed by atoms with Gasteiger partial charge in [-0.2, -0.15) is 5.10 Å². The number of hydrogen-bond acceptors (Lipinski definition) is 6. The van der Waals surface area contributed by atoms with Gasteiger partial charge in [-0.25, -0.2) is 14.3 Å². The Morgan fingerprint density at radius 3 is 2.50 bits per heavy atom. The molecule has 1 amide bonds. The third-order valence-electron chi connectivity index (χ3n) is 8.42. The van der Waals surface area contributed by atoms with E-state index >= 15 is 0 Å². The van der Waals surface area contributed by atoms with E-state index in [-0.39, 0.29) is 11.8 Å². The van der Waals surface area contributed by atoms with Gasteiger partial charge in [-0.15, -0.1) is 5.10 Å². The van der Waals surface area contributed by atoms with Crippen LogP contribution in [0.5, 0.6) is 0 Å². The van der Waals surface area contributed by atoms with Crippen LogP contribution in [0.1, 0.15) is 47.7 Å². The molecule has 3 aromatic heterocycles. The number of halogens is 2. The summed E-state index contributed by atoms with van der Waals surface area (Å²) in [4.78, 5) is 18.6. The van der Waals surface area contributed by atoms with Crippen molar-refractivity contribution in [1.82, 2.24) is 34.7 Å². The molecule has 0 radical (unpaired) electrons. The molecule has 0 saturated carbocycles. The molecule has 42 heavy (non-hydrogen) atoms. The summed E-state index contributed by atoms with van der Waals surface area (Å²) >= 11 is 13.8. The number of likely N-dealkylation sites (tertiary alicyclic amines) is 1. The van der Waals surface area contributed by atoms with Crippen molar-refractivity contribution in [2.75, 3.05) is 13.1 Å². The highest BCUT2D eigenvalue weighted by Crippen LogP contribution is 2.44. The first-order chi connectivity index (χ1) is 20.2. The summed E-state index contributed by atoms with van der Waals surface area (Å²) in [7, 11) is 1.77. The van der Waals surface area contributed by atoms with Crippen molar-refractivity contribution >= 4 is 40.0 Å². The molecular weight excluding hydrogens is 573 g/mol. The maximum Gasteiger partial charge on any atom is 0.219 e. The predicted molar refractivity (Wildman–Crippen MR) is 162 cm³/mol. The molecular formula is C31H31Cl2N7O2. The molecule has 1 aliphatic heterocycles. The van der Waals surface area contributed by atoms with Crippen LogP contribution in [0.15, 0.2) is 61.1 Å². The maximum absolute atomic E-state index is 12.6. The lowest BCUT2D eigenvalue weighted by Crippen LogP contribution is -2.46. The van der Waals surface area contributed by atoms with E-state index in [0.717, 1.165) is 22.4 Å². The standard InChI is InChI=1S/C31H31Cl2N7O2/c1-19-15-23(31(42,27-18-34-37-38(27)3)22-9-13-39(14-10-22)20(2)41)17-25-28(32)26(30(33)36-29(19)25)16-21-5-7-24(8-6-21)40-12-4-11-35-40/h4-8,11-12,15,17-18,22,42H,9-10,13-14,16H2,1-3H3. The minimum Gasteiger partial charge on any atom is -0.378 e. The van der Waals surface area contributed by atoms with E-state index in [1.807, 2.05) is 60.5 Å². The highest BCUT2D eigenvalue weighted by atomic mass is 35.5. The molecule has 11 heteroatoms. The quantitative estimate of drug-likeness (QED) is 0.266. The normalized spacial score (nSPS) is 15.7. The number of fused-ring (bicyclic) bond motifs is 1. The predicted octanol–water partition coefficient (Wildman–Crippen LogP) is 5.25. The Balaban J connectivity index is 1.42. The highest BCUT2D eigenvalue weighted by molar-refractivity contribution is 6.39. The van der Waals surface area contributed by atoms with Gasteiger partial charge in [0.25, 0.3) is 0 Å². The molecule has 1 saturated heterocycles. The van der Waals surface area contributed by atoms with E-state index in [9.17, 15) is 9.90 Å².